The highest BCUT2D eigenvalue weighted by molar-refractivity contribution is 7.17. The number of rotatable bonds is 3. The third kappa shape index (κ3) is 2.15. The molecule has 0 atom stereocenters. The zero-order valence-electron chi connectivity index (χ0n) is 12.3. The van der Waals surface area contributed by atoms with Gasteiger partial charge in [-0.2, -0.15) is 0 Å². The van der Waals surface area contributed by atoms with Crippen LogP contribution in [0.5, 0.6) is 11.5 Å². The molecule has 0 amide bonds. The van der Waals surface area contributed by atoms with Crippen LogP contribution in [0.1, 0.15) is 10.6 Å². The Morgan fingerprint density at radius 2 is 2.09 bits per heavy atom. The Labute approximate surface area is 132 Å². The second-order valence-electron chi connectivity index (χ2n) is 5.30. The summed E-state index contributed by atoms with van der Waals surface area (Å²) >= 11 is 1.69. The number of nitrogens with zero attached hydrogens (tertiary/aromatic N) is 2. The first kappa shape index (κ1) is 13.6. The van der Waals surface area contributed by atoms with E-state index in [1.165, 1.54) is 4.88 Å². The van der Waals surface area contributed by atoms with Crippen LogP contribution in [0.2, 0.25) is 0 Å². The molecule has 0 fully saturated rings. The smallest absolute Gasteiger partial charge is 0.194 e. The summed E-state index contributed by atoms with van der Waals surface area (Å²) in [6, 6.07) is 6.00. The summed E-state index contributed by atoms with van der Waals surface area (Å²) in [5.74, 6) is 1.59. The predicted octanol–water partition coefficient (Wildman–Crippen LogP) is 2.64. The van der Waals surface area contributed by atoms with Crippen LogP contribution in [0.15, 0.2) is 24.4 Å². The van der Waals surface area contributed by atoms with Crippen LogP contribution in [-0.4, -0.2) is 29.1 Å². The summed E-state index contributed by atoms with van der Waals surface area (Å²) < 4.78 is 13.4. The largest absolute Gasteiger partial charge is 0.486 e. The Morgan fingerprint density at radius 3 is 2.91 bits per heavy atom. The molecule has 3 heterocycles. The van der Waals surface area contributed by atoms with Gasteiger partial charge in [0.05, 0.1) is 11.4 Å². The molecule has 4 rings (SSSR count). The van der Waals surface area contributed by atoms with Gasteiger partial charge < -0.3 is 15.2 Å². The lowest BCUT2D eigenvalue weighted by molar-refractivity contribution is 0.171. The molecular formula is C16H17N3O2S. The van der Waals surface area contributed by atoms with Crippen molar-refractivity contribution in [1.29, 1.82) is 0 Å². The number of nitrogens with two attached hydrogens (primary N) is 1. The van der Waals surface area contributed by atoms with Crippen molar-refractivity contribution >= 4 is 16.3 Å². The molecule has 0 saturated carbocycles. The van der Waals surface area contributed by atoms with Crippen molar-refractivity contribution in [1.82, 2.24) is 9.38 Å². The molecule has 1 aliphatic rings. The van der Waals surface area contributed by atoms with Crippen molar-refractivity contribution in [2.75, 3.05) is 19.8 Å². The topological polar surface area (TPSA) is 61.8 Å². The number of hydrogen-bond acceptors (Lipinski definition) is 5. The van der Waals surface area contributed by atoms with Gasteiger partial charge in [-0.05, 0) is 31.7 Å². The Bertz CT molecular complexity index is 837. The molecule has 1 aliphatic heterocycles. The van der Waals surface area contributed by atoms with Crippen LogP contribution in [0.4, 0.5) is 0 Å². The maximum absolute atomic E-state index is 5.79. The third-order valence-electron chi connectivity index (χ3n) is 3.74. The minimum absolute atomic E-state index is 0.587. The first-order valence-corrected chi connectivity index (χ1v) is 8.15. The van der Waals surface area contributed by atoms with E-state index >= 15 is 0 Å². The van der Waals surface area contributed by atoms with Gasteiger partial charge in [0, 0.05) is 23.1 Å². The zero-order valence-corrected chi connectivity index (χ0v) is 13.2. The summed E-state index contributed by atoms with van der Waals surface area (Å²) in [7, 11) is 0. The number of fused-ring (bicyclic) bond motifs is 2. The van der Waals surface area contributed by atoms with Crippen molar-refractivity contribution in [2.24, 2.45) is 5.73 Å². The monoisotopic (exact) mass is 315 g/mol. The normalized spacial score (nSPS) is 13.7. The Kier molecular flexibility index (Phi) is 3.28. The maximum Gasteiger partial charge on any atom is 0.194 e. The van der Waals surface area contributed by atoms with Gasteiger partial charge in [-0.25, -0.2) is 4.98 Å². The van der Waals surface area contributed by atoms with E-state index in [0.717, 1.165) is 39.8 Å². The molecule has 1 aromatic carbocycles. The average molecular weight is 315 g/mol. The molecular weight excluding hydrogens is 298 g/mol. The molecule has 5 nitrogen and oxygen atoms in total. The molecule has 0 aliphatic carbocycles. The molecule has 0 spiro atoms. The molecule has 114 valence electrons. The first-order valence-electron chi connectivity index (χ1n) is 7.33. The van der Waals surface area contributed by atoms with Gasteiger partial charge in [-0.15, -0.1) is 11.3 Å². The fourth-order valence-electron chi connectivity index (χ4n) is 2.80. The van der Waals surface area contributed by atoms with Crippen molar-refractivity contribution in [3.05, 3.63) is 35.0 Å². The molecule has 22 heavy (non-hydrogen) atoms. The van der Waals surface area contributed by atoms with Crippen LogP contribution in [0, 0.1) is 6.92 Å². The second kappa shape index (κ2) is 5.30. The highest BCUT2D eigenvalue weighted by Gasteiger charge is 2.18. The number of aryl methyl sites for hydroxylation is 1. The number of thiazole rings is 1. The maximum atomic E-state index is 5.79. The van der Waals surface area contributed by atoms with E-state index in [0.29, 0.717) is 19.8 Å². The first-order chi connectivity index (χ1) is 10.8. The minimum Gasteiger partial charge on any atom is -0.486 e. The zero-order chi connectivity index (χ0) is 15.1. The van der Waals surface area contributed by atoms with Gasteiger partial charge in [0.2, 0.25) is 0 Å². The van der Waals surface area contributed by atoms with Crippen LogP contribution in [0.3, 0.4) is 0 Å². The lowest BCUT2D eigenvalue weighted by Crippen LogP contribution is -2.15. The number of ether oxygens (including phenoxy) is 2. The highest BCUT2D eigenvalue weighted by atomic mass is 32.1. The lowest BCUT2D eigenvalue weighted by atomic mass is 10.1. The van der Waals surface area contributed by atoms with Gasteiger partial charge in [0.1, 0.15) is 13.2 Å². The summed E-state index contributed by atoms with van der Waals surface area (Å²) in [6.45, 7) is 3.88. The second-order valence-corrected chi connectivity index (χ2v) is 6.51. The fraction of sp³-hybridized carbons (Fsp3) is 0.312. The van der Waals surface area contributed by atoms with Crippen LogP contribution in [0.25, 0.3) is 16.2 Å². The summed E-state index contributed by atoms with van der Waals surface area (Å²) in [5.41, 5.74) is 8.97. The number of aromatic nitrogens is 2. The van der Waals surface area contributed by atoms with Gasteiger partial charge in [0.15, 0.2) is 16.5 Å². The highest BCUT2D eigenvalue weighted by Crippen LogP contribution is 2.36. The van der Waals surface area contributed by atoms with Crippen LogP contribution < -0.4 is 15.2 Å². The summed E-state index contributed by atoms with van der Waals surface area (Å²) in [6.07, 6.45) is 2.92. The standard InChI is InChI=1S/C16H17N3O2S/c1-10-9-19-12(4-5-17)15(18-16(19)22-10)11-2-3-13-14(8-11)21-7-6-20-13/h2-3,8-9H,4-7,17H2,1H3. The van der Waals surface area contributed by atoms with E-state index in [4.69, 9.17) is 20.2 Å². The predicted molar refractivity (Wildman–Crippen MR) is 87.0 cm³/mol. The van der Waals surface area contributed by atoms with Crippen molar-refractivity contribution in [3.8, 4) is 22.8 Å². The van der Waals surface area contributed by atoms with Crippen molar-refractivity contribution in [2.45, 2.75) is 13.3 Å². The molecule has 6 heteroatoms. The van der Waals surface area contributed by atoms with E-state index < -0.39 is 0 Å². The Balaban J connectivity index is 1.86. The number of hydrogen-bond donors (Lipinski definition) is 1. The quantitative estimate of drug-likeness (QED) is 0.807. The Morgan fingerprint density at radius 1 is 1.27 bits per heavy atom. The molecule has 2 N–H and O–H groups in total. The van der Waals surface area contributed by atoms with Crippen molar-refractivity contribution in [3.63, 3.8) is 0 Å². The van der Waals surface area contributed by atoms with Gasteiger partial charge in [-0.3, -0.25) is 4.40 Å². The molecule has 0 unspecified atom stereocenters. The minimum atomic E-state index is 0.587. The van der Waals surface area contributed by atoms with Gasteiger partial charge in [0.25, 0.3) is 0 Å². The number of imidazole rings is 1. The number of benzene rings is 1. The van der Waals surface area contributed by atoms with Crippen molar-refractivity contribution < 1.29 is 9.47 Å². The average Bonchev–Trinajstić information content (AvgIpc) is 3.04. The summed E-state index contributed by atoms with van der Waals surface area (Å²) in [4.78, 5) is 7.05. The molecule has 2 aromatic heterocycles. The van der Waals surface area contributed by atoms with Gasteiger partial charge in [-0.1, -0.05) is 0 Å². The molecule has 0 saturated heterocycles. The van der Waals surface area contributed by atoms with E-state index in [-0.39, 0.29) is 0 Å². The van der Waals surface area contributed by atoms with Crippen LogP contribution in [-0.2, 0) is 6.42 Å². The fourth-order valence-corrected chi connectivity index (χ4v) is 3.64. The van der Waals surface area contributed by atoms with E-state index in [9.17, 15) is 0 Å². The molecule has 3 aromatic rings. The third-order valence-corrected chi connectivity index (χ3v) is 4.64. The molecule has 0 radical (unpaired) electrons. The molecule has 0 bridgehead atoms. The van der Waals surface area contributed by atoms with E-state index in [1.54, 1.807) is 11.3 Å². The lowest BCUT2D eigenvalue weighted by Gasteiger charge is -2.18. The Hall–Kier alpha value is -2.05. The SMILES string of the molecule is Cc1cn2c(CCN)c(-c3ccc4c(c3)OCCO4)nc2s1. The van der Waals surface area contributed by atoms with Crippen LogP contribution >= 0.6 is 11.3 Å². The van der Waals surface area contributed by atoms with Gasteiger partial charge >= 0.3 is 0 Å². The van der Waals surface area contributed by atoms with E-state index in [2.05, 4.69) is 17.5 Å². The summed E-state index contributed by atoms with van der Waals surface area (Å²) in [5, 5.41) is 0. The van der Waals surface area contributed by atoms with E-state index in [1.807, 2.05) is 18.2 Å².